The molecule has 0 saturated carbocycles. The molecule has 0 atom stereocenters. The van der Waals surface area contributed by atoms with E-state index in [0.717, 1.165) is 22.4 Å². The van der Waals surface area contributed by atoms with Crippen LogP contribution in [0.15, 0.2) is 152 Å². The number of hydrogen-bond donors (Lipinski definition) is 0. The van der Waals surface area contributed by atoms with Gasteiger partial charge in [0, 0.05) is 11.3 Å². The van der Waals surface area contributed by atoms with Crippen LogP contribution in [0.1, 0.15) is 0 Å². The third-order valence-electron chi connectivity index (χ3n) is 11.4. The fraction of sp³-hybridized carbons (Fsp3) is 0. The minimum absolute atomic E-state index is 0.963. The second kappa shape index (κ2) is 12.7. The van der Waals surface area contributed by atoms with Crippen molar-refractivity contribution in [3.8, 4) is 50.5 Å². The predicted octanol–water partition coefficient (Wildman–Crippen LogP) is 3.29. The van der Waals surface area contributed by atoms with Gasteiger partial charge >= 0.3 is 0 Å². The summed E-state index contributed by atoms with van der Waals surface area (Å²) in [7, 11) is 11.2. The number of benzene rings is 8. The lowest BCUT2D eigenvalue weighted by Crippen LogP contribution is -2.56. The first-order valence-electron chi connectivity index (χ1n) is 18.2. The highest BCUT2D eigenvalue weighted by atomic mass is 15.1. The van der Waals surface area contributed by atoms with Gasteiger partial charge in [-0.15, -0.1) is 5.46 Å². The van der Waals surface area contributed by atoms with Gasteiger partial charge in [-0.25, -0.2) is 4.98 Å². The maximum atomic E-state index is 5.26. The molecule has 0 amide bonds. The summed E-state index contributed by atoms with van der Waals surface area (Å²) >= 11 is 0. The van der Waals surface area contributed by atoms with Crippen LogP contribution in [-0.2, 0) is 0 Å². The van der Waals surface area contributed by atoms with Gasteiger partial charge in [0.15, 0.2) is 0 Å². The molecule has 0 aliphatic heterocycles. The van der Waals surface area contributed by atoms with Crippen molar-refractivity contribution in [2.45, 2.75) is 0 Å². The monoisotopic (exact) mass is 658 g/mol. The van der Waals surface area contributed by atoms with Crippen LogP contribution >= 0.6 is 0 Å². The van der Waals surface area contributed by atoms with E-state index in [1.54, 1.807) is 0 Å². The lowest BCUT2D eigenvalue weighted by Gasteiger charge is -2.23. The van der Waals surface area contributed by atoms with Crippen LogP contribution in [-0.4, -0.2) is 48.8 Å². The second-order valence-corrected chi connectivity index (χ2v) is 14.1. The zero-order valence-corrected chi connectivity index (χ0v) is 30.3. The lowest BCUT2D eigenvalue weighted by molar-refractivity contribution is 1.12. The molecular formula is C45H35B5N2. The average molecular weight is 658 g/mol. The Kier molecular flexibility index (Phi) is 7.81. The summed E-state index contributed by atoms with van der Waals surface area (Å²) in [5, 5.41) is 5.00. The molecular weight excluding hydrogens is 623 g/mol. The SMILES string of the molecule is Bc1c(B)c(B)c(-n2c(-c3ccc(-c4c5ccccc5c(-c5cccc(-c6ccccc6)c5)c5ccccc45)cc3)nc3ccccc32)c(B)c1B. The first-order chi connectivity index (χ1) is 25.4. The molecule has 240 valence electrons. The van der Waals surface area contributed by atoms with Crippen molar-refractivity contribution in [3.63, 3.8) is 0 Å². The van der Waals surface area contributed by atoms with E-state index in [9.17, 15) is 0 Å². The molecule has 2 nitrogen and oxygen atoms in total. The maximum absolute atomic E-state index is 5.26. The van der Waals surface area contributed by atoms with Crippen molar-refractivity contribution >= 4 is 99.1 Å². The Morgan fingerprint density at radius 2 is 0.827 bits per heavy atom. The van der Waals surface area contributed by atoms with Gasteiger partial charge in [0.25, 0.3) is 0 Å². The summed E-state index contributed by atoms with van der Waals surface area (Å²) in [4.78, 5) is 5.26. The van der Waals surface area contributed by atoms with Crippen LogP contribution in [0.3, 0.4) is 0 Å². The summed E-state index contributed by atoms with van der Waals surface area (Å²) in [5.74, 6) is 0.963. The third kappa shape index (κ3) is 5.06. The van der Waals surface area contributed by atoms with Crippen LogP contribution in [0.5, 0.6) is 0 Å². The van der Waals surface area contributed by atoms with Crippen molar-refractivity contribution in [2.24, 2.45) is 0 Å². The Labute approximate surface area is 309 Å². The van der Waals surface area contributed by atoms with E-state index in [2.05, 4.69) is 195 Å². The summed E-state index contributed by atoms with van der Waals surface area (Å²) < 4.78 is 2.39. The summed E-state index contributed by atoms with van der Waals surface area (Å²) in [6, 6.07) is 55.0. The molecule has 7 heteroatoms. The van der Waals surface area contributed by atoms with Gasteiger partial charge in [0.2, 0.25) is 0 Å². The fourth-order valence-electron chi connectivity index (χ4n) is 8.28. The molecule has 1 heterocycles. The van der Waals surface area contributed by atoms with Crippen LogP contribution in [0.25, 0.3) is 83.0 Å². The Hall–Kier alpha value is -5.93. The van der Waals surface area contributed by atoms with E-state index < -0.39 is 0 Å². The quantitative estimate of drug-likeness (QED) is 0.205. The van der Waals surface area contributed by atoms with E-state index in [4.69, 9.17) is 4.98 Å². The highest BCUT2D eigenvalue weighted by Gasteiger charge is 2.21. The minimum atomic E-state index is 0.963. The Morgan fingerprint density at radius 1 is 0.365 bits per heavy atom. The normalized spacial score (nSPS) is 11.5. The molecule has 9 rings (SSSR count). The van der Waals surface area contributed by atoms with Crippen LogP contribution in [0.2, 0.25) is 0 Å². The van der Waals surface area contributed by atoms with Crippen molar-refractivity contribution in [1.82, 2.24) is 9.55 Å². The molecule has 0 radical (unpaired) electrons. The molecule has 52 heavy (non-hydrogen) atoms. The van der Waals surface area contributed by atoms with Gasteiger partial charge < -0.3 is 0 Å². The second-order valence-electron chi connectivity index (χ2n) is 14.1. The molecule has 0 unspecified atom stereocenters. The fourth-order valence-corrected chi connectivity index (χ4v) is 8.28. The first-order valence-corrected chi connectivity index (χ1v) is 18.2. The highest BCUT2D eigenvalue weighted by Crippen LogP contribution is 2.44. The topological polar surface area (TPSA) is 17.8 Å². The van der Waals surface area contributed by atoms with E-state index in [-0.39, 0.29) is 0 Å². The summed E-state index contributed by atoms with van der Waals surface area (Å²) in [6.07, 6.45) is 0. The Balaban J connectivity index is 1.23. The zero-order valence-electron chi connectivity index (χ0n) is 30.3. The Morgan fingerprint density at radius 3 is 1.44 bits per heavy atom. The number of imidazole rings is 1. The van der Waals surface area contributed by atoms with E-state index in [1.165, 1.54) is 87.9 Å². The third-order valence-corrected chi connectivity index (χ3v) is 11.4. The molecule has 0 spiro atoms. The predicted molar refractivity (Wildman–Crippen MR) is 239 cm³/mol. The van der Waals surface area contributed by atoms with Gasteiger partial charge in [-0.1, -0.05) is 155 Å². The van der Waals surface area contributed by atoms with Crippen molar-refractivity contribution in [2.75, 3.05) is 0 Å². The molecule has 0 saturated heterocycles. The standard InChI is InChI=1S/C45H35B5N2/c46-39-40(47)42(49)44(43(50)41(39)48)52-36-20-9-8-19-35(36)51-45(52)28-23-21-27(22-24-28)37-31-15-4-6-17-33(31)38(34-18-7-5-16-32(34)37)30-14-10-13-29(25-30)26-11-2-1-3-12-26/h1-25H,46-50H2. The first kappa shape index (κ1) is 32.0. The van der Waals surface area contributed by atoms with Crippen LogP contribution in [0.4, 0.5) is 0 Å². The number of hydrogen-bond acceptors (Lipinski definition) is 1. The van der Waals surface area contributed by atoms with Gasteiger partial charge in [-0.05, 0) is 73.1 Å². The number of rotatable bonds is 5. The molecule has 9 aromatic rings. The maximum Gasteiger partial charge on any atom is 0.145 e. The van der Waals surface area contributed by atoms with E-state index >= 15 is 0 Å². The van der Waals surface area contributed by atoms with Crippen molar-refractivity contribution < 1.29 is 0 Å². The van der Waals surface area contributed by atoms with Gasteiger partial charge in [0.05, 0.1) is 11.0 Å². The van der Waals surface area contributed by atoms with E-state index in [1.807, 2.05) is 0 Å². The molecule has 0 bridgehead atoms. The number of fused-ring (bicyclic) bond motifs is 3. The summed E-state index contributed by atoms with van der Waals surface area (Å²) in [6.45, 7) is 0. The molecule has 1 aromatic heterocycles. The minimum Gasteiger partial charge on any atom is -0.294 e. The molecule has 8 aromatic carbocycles. The van der Waals surface area contributed by atoms with Gasteiger partial charge in [0.1, 0.15) is 45.1 Å². The van der Waals surface area contributed by atoms with Crippen LogP contribution in [0, 0.1) is 0 Å². The largest absolute Gasteiger partial charge is 0.294 e. The molecule has 0 aliphatic carbocycles. The number of para-hydroxylation sites is 2. The van der Waals surface area contributed by atoms with Crippen LogP contribution < -0.4 is 27.3 Å². The number of aromatic nitrogens is 2. The smallest absolute Gasteiger partial charge is 0.145 e. The van der Waals surface area contributed by atoms with Crippen molar-refractivity contribution in [1.29, 1.82) is 0 Å². The molecule has 0 fully saturated rings. The highest BCUT2D eigenvalue weighted by molar-refractivity contribution is 6.68. The zero-order chi connectivity index (χ0) is 35.5. The van der Waals surface area contributed by atoms with Gasteiger partial charge in [-0.3, -0.25) is 4.57 Å². The summed E-state index contributed by atoms with van der Waals surface area (Å²) in [5.41, 5.74) is 18.5. The average Bonchev–Trinajstić information content (AvgIpc) is 3.58. The lowest BCUT2D eigenvalue weighted by atomic mass is 9.61. The molecule has 0 aliphatic rings. The van der Waals surface area contributed by atoms with Crippen molar-refractivity contribution in [3.05, 3.63) is 152 Å². The molecule has 0 N–H and O–H groups in total. The van der Waals surface area contributed by atoms with E-state index in [0.29, 0.717) is 0 Å². The number of nitrogens with zero attached hydrogens (tertiary/aromatic N) is 2. The Bertz CT molecular complexity index is 2760. The van der Waals surface area contributed by atoms with Gasteiger partial charge in [-0.2, -0.15) is 0 Å².